The van der Waals surface area contributed by atoms with Crippen molar-refractivity contribution in [1.82, 2.24) is 14.1 Å². The number of nitrogens with two attached hydrogens (primary N) is 1. The quantitative estimate of drug-likeness (QED) is 0.102. The first-order valence-electron chi connectivity index (χ1n) is 11.9. The van der Waals surface area contributed by atoms with E-state index in [1.807, 2.05) is 6.07 Å². The van der Waals surface area contributed by atoms with Crippen molar-refractivity contribution in [3.63, 3.8) is 0 Å². The van der Waals surface area contributed by atoms with E-state index in [-0.39, 0.29) is 6.54 Å². The Morgan fingerprint density at radius 1 is 0.930 bits per heavy atom. The third-order valence-electron chi connectivity index (χ3n) is 5.88. The highest BCUT2D eigenvalue weighted by Crippen LogP contribution is 2.66. The van der Waals surface area contributed by atoms with E-state index < -0.39 is 65.9 Å². The van der Waals surface area contributed by atoms with Crippen LogP contribution in [0.2, 0.25) is 0 Å². The van der Waals surface area contributed by atoms with Gasteiger partial charge in [-0.05, 0) is 35.4 Å². The van der Waals surface area contributed by atoms with Crippen LogP contribution < -0.4 is 17.0 Å². The van der Waals surface area contributed by atoms with Gasteiger partial charge >= 0.3 is 29.2 Å². The smallest absolute Gasteiger partial charge is 0.399 e. The van der Waals surface area contributed by atoms with Crippen LogP contribution in [0.25, 0.3) is 11.1 Å². The van der Waals surface area contributed by atoms with Gasteiger partial charge in [0.05, 0.1) is 18.8 Å². The third kappa shape index (κ3) is 8.41. The second kappa shape index (κ2) is 12.6. The van der Waals surface area contributed by atoms with E-state index in [4.69, 9.17) is 20.3 Å². The number of phosphoric ester groups is 1. The molecule has 1 aliphatic rings. The lowest BCUT2D eigenvalue weighted by Crippen LogP contribution is -2.43. The number of phosphoric acid groups is 3. The average Bonchev–Trinajstić information content (AvgIpc) is 3.16. The van der Waals surface area contributed by atoms with Gasteiger partial charge in [0.1, 0.15) is 18.3 Å². The average molecular weight is 666 g/mol. The number of aromatic nitrogens is 3. The maximum atomic E-state index is 13.3. The summed E-state index contributed by atoms with van der Waals surface area (Å²) < 4.78 is 52.8. The van der Waals surface area contributed by atoms with Gasteiger partial charge in [-0.25, -0.2) is 18.5 Å². The minimum Gasteiger partial charge on any atom is -0.399 e. The van der Waals surface area contributed by atoms with E-state index >= 15 is 0 Å². The summed E-state index contributed by atoms with van der Waals surface area (Å²) in [6, 6.07) is 11.3. The predicted octanol–water partition coefficient (Wildman–Crippen LogP) is -0.335. The second-order valence-electron chi connectivity index (χ2n) is 9.02. The van der Waals surface area contributed by atoms with Crippen LogP contribution in [0.15, 0.2) is 64.4 Å². The topological polar surface area (TPSA) is 292 Å². The number of anilines is 1. The van der Waals surface area contributed by atoms with Crippen molar-refractivity contribution in [3.05, 3.63) is 81.4 Å². The number of pyridine rings is 1. The summed E-state index contributed by atoms with van der Waals surface area (Å²) in [7, 11) is -17.0. The Bertz CT molecular complexity index is 1760. The molecule has 4 rings (SSSR count). The zero-order valence-electron chi connectivity index (χ0n) is 21.5. The van der Waals surface area contributed by atoms with Gasteiger partial charge in [-0.2, -0.15) is 8.62 Å². The molecule has 0 aliphatic carbocycles. The lowest BCUT2D eigenvalue weighted by atomic mass is 10.1. The molecule has 19 nitrogen and oxygen atoms in total. The first-order chi connectivity index (χ1) is 19.9. The Morgan fingerprint density at radius 3 is 2.30 bits per heavy atom. The Labute approximate surface area is 240 Å². The van der Waals surface area contributed by atoms with E-state index in [0.29, 0.717) is 16.9 Å². The largest absolute Gasteiger partial charge is 0.490 e. The van der Waals surface area contributed by atoms with Gasteiger partial charge in [0.2, 0.25) is 0 Å². The molecule has 0 bridgehead atoms. The highest BCUT2D eigenvalue weighted by molar-refractivity contribution is 7.66. The molecule has 1 saturated heterocycles. The van der Waals surface area contributed by atoms with E-state index in [2.05, 4.69) is 18.1 Å². The summed E-state index contributed by atoms with van der Waals surface area (Å²) in [6.07, 6.45) is -4.53. The van der Waals surface area contributed by atoms with Crippen LogP contribution in [0, 0.1) is 0 Å². The molecule has 43 heavy (non-hydrogen) atoms. The van der Waals surface area contributed by atoms with E-state index in [1.54, 1.807) is 30.3 Å². The molecular formula is C21H25N4O15P3. The molecule has 3 aromatic rings. The molecule has 1 aliphatic heterocycles. The minimum absolute atomic E-state index is 0.296. The lowest BCUT2D eigenvalue weighted by Gasteiger charge is -2.19. The van der Waals surface area contributed by atoms with E-state index in [0.717, 1.165) is 27.0 Å². The molecule has 2 aromatic heterocycles. The molecule has 1 aromatic carbocycles. The summed E-state index contributed by atoms with van der Waals surface area (Å²) in [4.78, 5) is 66.1. The summed E-state index contributed by atoms with van der Waals surface area (Å²) >= 11 is 0. The molecule has 3 unspecified atom stereocenters. The van der Waals surface area contributed by atoms with Crippen molar-refractivity contribution in [2.24, 2.45) is 0 Å². The maximum Gasteiger partial charge on any atom is 0.490 e. The van der Waals surface area contributed by atoms with Gasteiger partial charge in [-0.15, -0.1) is 0 Å². The molecule has 6 atom stereocenters. The fourth-order valence-electron chi connectivity index (χ4n) is 4.06. The van der Waals surface area contributed by atoms with Crippen LogP contribution in [0.3, 0.4) is 0 Å². The number of ether oxygens (including phenoxy) is 1. The Balaban J connectivity index is 1.51. The fraction of sp³-hybridized carbons (Fsp3) is 0.286. The summed E-state index contributed by atoms with van der Waals surface area (Å²) in [5, 5.41) is 20.9. The molecule has 0 amide bonds. The molecule has 0 radical (unpaired) electrons. The molecular weight excluding hydrogens is 641 g/mol. The zero-order chi connectivity index (χ0) is 31.7. The van der Waals surface area contributed by atoms with E-state index in [9.17, 15) is 43.3 Å². The molecule has 0 saturated carbocycles. The number of rotatable bonds is 11. The van der Waals surface area contributed by atoms with Crippen LogP contribution in [0.5, 0.6) is 0 Å². The van der Waals surface area contributed by atoms with Crippen molar-refractivity contribution in [2.45, 2.75) is 31.1 Å². The predicted molar refractivity (Wildman–Crippen MR) is 144 cm³/mol. The molecule has 8 N–H and O–H groups in total. The monoisotopic (exact) mass is 666 g/mol. The summed E-state index contributed by atoms with van der Waals surface area (Å²) in [6.45, 7) is -1.39. The van der Waals surface area contributed by atoms with Crippen LogP contribution in [-0.2, 0) is 38.1 Å². The summed E-state index contributed by atoms with van der Waals surface area (Å²) in [5.74, 6) is 0. The number of benzene rings is 1. The number of nitrogens with zero attached hydrogens (tertiary/aromatic N) is 3. The third-order valence-corrected chi connectivity index (χ3v) is 9.68. The van der Waals surface area contributed by atoms with Crippen LogP contribution >= 0.6 is 23.5 Å². The Hall–Kier alpha value is -2.86. The van der Waals surface area contributed by atoms with Crippen molar-refractivity contribution >= 4 is 29.2 Å². The number of hydrogen-bond donors (Lipinski definition) is 7. The van der Waals surface area contributed by atoms with Crippen LogP contribution in [-0.4, -0.2) is 68.8 Å². The van der Waals surface area contributed by atoms with Crippen molar-refractivity contribution in [2.75, 3.05) is 12.3 Å². The number of hydrogen-bond acceptors (Lipinski definition) is 13. The van der Waals surface area contributed by atoms with Gasteiger partial charge in [-0.3, -0.25) is 23.4 Å². The summed E-state index contributed by atoms with van der Waals surface area (Å²) in [5.41, 5.74) is 6.45. The van der Waals surface area contributed by atoms with Gasteiger partial charge in [0, 0.05) is 24.1 Å². The van der Waals surface area contributed by atoms with Crippen molar-refractivity contribution < 1.29 is 61.4 Å². The van der Waals surface area contributed by atoms with Crippen LogP contribution in [0.4, 0.5) is 5.69 Å². The minimum atomic E-state index is -5.80. The van der Waals surface area contributed by atoms with Crippen LogP contribution in [0.1, 0.15) is 11.9 Å². The zero-order valence-corrected chi connectivity index (χ0v) is 24.2. The van der Waals surface area contributed by atoms with Gasteiger partial charge in [0.15, 0.2) is 6.23 Å². The molecule has 3 heterocycles. The molecule has 0 spiro atoms. The Morgan fingerprint density at radius 2 is 1.63 bits per heavy atom. The first kappa shape index (κ1) is 33.0. The highest BCUT2D eigenvalue weighted by Gasteiger charge is 2.47. The maximum absolute atomic E-state index is 13.3. The molecule has 234 valence electrons. The Kier molecular flexibility index (Phi) is 9.71. The first-order valence-corrected chi connectivity index (χ1v) is 16.4. The van der Waals surface area contributed by atoms with E-state index in [1.165, 1.54) is 6.20 Å². The second-order valence-corrected chi connectivity index (χ2v) is 13.4. The van der Waals surface area contributed by atoms with Crippen molar-refractivity contribution in [1.29, 1.82) is 0 Å². The number of aliphatic hydroxyl groups is 2. The fourth-order valence-corrected chi connectivity index (χ4v) is 7.09. The van der Waals surface area contributed by atoms with Gasteiger partial charge in [0.25, 0.3) is 5.56 Å². The standard InChI is InChI=1S/C21H25N4O15P3/c22-14-3-1-2-12(8-14)13-4-6-23-15(9-13)10-25-17(26)5-7-24(21(25)29)20-19(28)18(27)16(38-20)11-37-42(33,34)40-43(35,36)39-41(30,31)32/h1-9,16,18-20,27-28H,10-11,22H2,(H,33,34)(H,35,36)(H2,30,31,32)/t16-,18?,19+,20-/m1/s1. The normalized spacial score (nSPS) is 23.5. The lowest BCUT2D eigenvalue weighted by molar-refractivity contribution is -0.0547. The SMILES string of the molecule is Nc1cccc(-c2ccnc(Cn3c(=O)ccn([C@@H]4O[C@H](COP(=O)(O)OP(=O)(O)OP(=O)(O)O)C(O)[C@@H]4O)c3=O)c2)c1. The number of aliphatic hydroxyl groups excluding tert-OH is 2. The highest BCUT2D eigenvalue weighted by atomic mass is 31.3. The molecule has 22 heteroatoms. The van der Waals surface area contributed by atoms with Gasteiger partial charge in [-0.1, -0.05) is 12.1 Å². The van der Waals surface area contributed by atoms with Crippen molar-refractivity contribution in [3.8, 4) is 11.1 Å². The van der Waals surface area contributed by atoms with Gasteiger partial charge < -0.3 is 40.3 Å². The molecule has 1 fully saturated rings. The number of nitrogen functional groups attached to an aromatic ring is 1.